The molecular formula is C9H9ClF3NO. The molecule has 1 aromatic carbocycles. The summed E-state index contributed by atoms with van der Waals surface area (Å²) in [6.07, 6.45) is -4.50. The second-order valence-corrected chi connectivity index (χ2v) is 3.25. The van der Waals surface area contributed by atoms with Crippen LogP contribution in [0.3, 0.4) is 0 Å². The maximum Gasteiger partial charge on any atom is 0.418 e. The van der Waals surface area contributed by atoms with Crippen LogP contribution < -0.4 is 10.5 Å². The lowest BCUT2D eigenvalue weighted by Crippen LogP contribution is -2.13. The van der Waals surface area contributed by atoms with Gasteiger partial charge < -0.3 is 10.5 Å². The zero-order valence-electron chi connectivity index (χ0n) is 7.86. The second kappa shape index (κ2) is 4.28. The van der Waals surface area contributed by atoms with Gasteiger partial charge in [-0.3, -0.25) is 0 Å². The van der Waals surface area contributed by atoms with E-state index < -0.39 is 16.8 Å². The van der Waals surface area contributed by atoms with Gasteiger partial charge >= 0.3 is 6.18 Å². The molecule has 6 heteroatoms. The molecule has 0 aliphatic heterocycles. The Morgan fingerprint density at radius 2 is 2.00 bits per heavy atom. The van der Waals surface area contributed by atoms with Crippen LogP contribution in [0, 0.1) is 0 Å². The first-order valence-electron chi connectivity index (χ1n) is 4.03. The number of nitrogens with two attached hydrogens (primary N) is 1. The van der Waals surface area contributed by atoms with Crippen molar-refractivity contribution in [2.45, 2.75) is 12.7 Å². The first kappa shape index (κ1) is 12.1. The van der Waals surface area contributed by atoms with E-state index in [2.05, 4.69) is 0 Å². The van der Waals surface area contributed by atoms with E-state index in [-0.39, 0.29) is 17.9 Å². The zero-order valence-corrected chi connectivity index (χ0v) is 8.62. The third-order valence-electron chi connectivity index (χ3n) is 1.88. The predicted molar refractivity (Wildman–Crippen MR) is 50.9 cm³/mol. The van der Waals surface area contributed by atoms with Crippen LogP contribution >= 0.6 is 11.6 Å². The Kier molecular flexibility index (Phi) is 3.46. The number of methoxy groups -OCH3 is 1. The van der Waals surface area contributed by atoms with Crippen LogP contribution in [0.4, 0.5) is 13.2 Å². The number of benzene rings is 1. The molecule has 2 N–H and O–H groups in total. The zero-order chi connectivity index (χ0) is 11.6. The summed E-state index contributed by atoms with van der Waals surface area (Å²) in [4.78, 5) is 0. The molecular weight excluding hydrogens is 231 g/mol. The van der Waals surface area contributed by atoms with E-state index in [4.69, 9.17) is 22.1 Å². The minimum atomic E-state index is -4.50. The van der Waals surface area contributed by atoms with E-state index in [0.29, 0.717) is 0 Å². The van der Waals surface area contributed by atoms with Crippen LogP contribution in [0.5, 0.6) is 5.75 Å². The molecule has 0 aromatic heterocycles. The Hall–Kier alpha value is -0.940. The summed E-state index contributed by atoms with van der Waals surface area (Å²) >= 11 is 5.52. The maximum atomic E-state index is 12.6. The van der Waals surface area contributed by atoms with Crippen LogP contribution in [0.1, 0.15) is 11.1 Å². The third-order valence-corrected chi connectivity index (χ3v) is 2.18. The molecule has 1 aromatic rings. The lowest BCUT2D eigenvalue weighted by molar-refractivity contribution is -0.138. The molecule has 0 bridgehead atoms. The van der Waals surface area contributed by atoms with Gasteiger partial charge in [0, 0.05) is 6.54 Å². The highest BCUT2D eigenvalue weighted by Crippen LogP contribution is 2.39. The highest BCUT2D eigenvalue weighted by Gasteiger charge is 2.36. The van der Waals surface area contributed by atoms with Gasteiger partial charge in [-0.15, -0.1) is 0 Å². The van der Waals surface area contributed by atoms with Crippen molar-refractivity contribution in [3.63, 3.8) is 0 Å². The van der Waals surface area contributed by atoms with Crippen LogP contribution in [0.2, 0.25) is 5.02 Å². The minimum absolute atomic E-state index is 0.0770. The van der Waals surface area contributed by atoms with E-state index >= 15 is 0 Å². The molecule has 0 fully saturated rings. The molecule has 0 saturated heterocycles. The van der Waals surface area contributed by atoms with Gasteiger partial charge in [0.15, 0.2) is 0 Å². The molecule has 0 heterocycles. The molecule has 0 unspecified atom stereocenters. The summed E-state index contributed by atoms with van der Waals surface area (Å²) in [6.45, 7) is -0.244. The molecule has 0 amide bonds. The normalized spacial score (nSPS) is 11.6. The Balaban J connectivity index is 3.38. The molecule has 0 atom stereocenters. The molecule has 15 heavy (non-hydrogen) atoms. The average molecular weight is 240 g/mol. The Morgan fingerprint density at radius 1 is 1.40 bits per heavy atom. The highest BCUT2D eigenvalue weighted by molar-refractivity contribution is 6.31. The number of hydrogen-bond donors (Lipinski definition) is 1. The van der Waals surface area contributed by atoms with Crippen LogP contribution in [-0.4, -0.2) is 7.11 Å². The summed E-state index contributed by atoms with van der Waals surface area (Å²) in [7, 11) is 1.35. The van der Waals surface area contributed by atoms with E-state index in [9.17, 15) is 13.2 Å². The van der Waals surface area contributed by atoms with Crippen molar-refractivity contribution in [2.75, 3.05) is 7.11 Å². The van der Waals surface area contributed by atoms with Crippen molar-refractivity contribution in [2.24, 2.45) is 5.73 Å². The second-order valence-electron chi connectivity index (χ2n) is 2.85. The SMILES string of the molecule is COc1cc(Cl)c(C(F)(F)F)c(CN)c1. The van der Waals surface area contributed by atoms with Crippen LogP contribution in [0.25, 0.3) is 0 Å². The number of hydrogen-bond acceptors (Lipinski definition) is 2. The van der Waals surface area contributed by atoms with E-state index in [1.165, 1.54) is 13.2 Å². The molecule has 1 rings (SSSR count). The summed E-state index contributed by atoms with van der Waals surface area (Å²) in [5, 5.41) is -0.401. The van der Waals surface area contributed by atoms with Gasteiger partial charge in [0.25, 0.3) is 0 Å². The number of alkyl halides is 3. The van der Waals surface area contributed by atoms with E-state index in [1.807, 2.05) is 0 Å². The van der Waals surface area contributed by atoms with Gasteiger partial charge in [-0.05, 0) is 17.7 Å². The monoisotopic (exact) mass is 239 g/mol. The van der Waals surface area contributed by atoms with Gasteiger partial charge in [0.1, 0.15) is 5.75 Å². The van der Waals surface area contributed by atoms with Gasteiger partial charge in [-0.2, -0.15) is 13.2 Å². The maximum absolute atomic E-state index is 12.6. The quantitative estimate of drug-likeness (QED) is 0.861. The number of ether oxygens (including phenoxy) is 1. The smallest absolute Gasteiger partial charge is 0.418 e. The number of rotatable bonds is 2. The van der Waals surface area contributed by atoms with Gasteiger partial charge in [-0.25, -0.2) is 0 Å². The van der Waals surface area contributed by atoms with Crippen molar-refractivity contribution in [3.05, 3.63) is 28.3 Å². The molecule has 0 aliphatic carbocycles. The lowest BCUT2D eigenvalue weighted by Gasteiger charge is -2.14. The van der Waals surface area contributed by atoms with E-state index in [0.717, 1.165) is 6.07 Å². The average Bonchev–Trinajstić information content (AvgIpc) is 2.14. The fourth-order valence-corrected chi connectivity index (χ4v) is 1.57. The lowest BCUT2D eigenvalue weighted by atomic mass is 10.1. The standard InChI is InChI=1S/C9H9ClF3NO/c1-15-6-2-5(4-14)8(7(10)3-6)9(11,12)13/h2-3H,4,14H2,1H3. The Labute approximate surface area is 89.8 Å². The van der Waals surface area contributed by atoms with Crippen LogP contribution in [0.15, 0.2) is 12.1 Å². The number of halogens is 4. The van der Waals surface area contributed by atoms with Crippen molar-refractivity contribution in [3.8, 4) is 5.75 Å². The molecule has 0 aliphatic rings. The molecule has 0 saturated carbocycles. The molecule has 0 radical (unpaired) electrons. The molecule has 0 spiro atoms. The Morgan fingerprint density at radius 3 is 2.40 bits per heavy atom. The summed E-state index contributed by atoms with van der Waals surface area (Å²) in [5.74, 6) is 0.258. The largest absolute Gasteiger partial charge is 0.497 e. The first-order valence-corrected chi connectivity index (χ1v) is 4.41. The van der Waals surface area contributed by atoms with Gasteiger partial charge in [0.2, 0.25) is 0 Å². The summed E-state index contributed by atoms with van der Waals surface area (Å²) in [5.41, 5.74) is 4.25. The van der Waals surface area contributed by atoms with Crippen LogP contribution in [-0.2, 0) is 12.7 Å². The van der Waals surface area contributed by atoms with Crippen molar-refractivity contribution in [1.82, 2.24) is 0 Å². The van der Waals surface area contributed by atoms with Crippen molar-refractivity contribution in [1.29, 1.82) is 0 Å². The highest BCUT2D eigenvalue weighted by atomic mass is 35.5. The van der Waals surface area contributed by atoms with Crippen molar-refractivity contribution >= 4 is 11.6 Å². The van der Waals surface area contributed by atoms with Crippen molar-refractivity contribution < 1.29 is 17.9 Å². The van der Waals surface area contributed by atoms with Gasteiger partial charge in [-0.1, -0.05) is 11.6 Å². The van der Waals surface area contributed by atoms with Gasteiger partial charge in [0.05, 0.1) is 17.7 Å². The summed E-state index contributed by atoms with van der Waals surface area (Å²) < 4.78 is 42.5. The topological polar surface area (TPSA) is 35.2 Å². The molecule has 2 nitrogen and oxygen atoms in total. The predicted octanol–water partition coefficient (Wildman–Crippen LogP) is 2.83. The Bertz CT molecular complexity index is 365. The minimum Gasteiger partial charge on any atom is -0.497 e. The molecule has 84 valence electrons. The summed E-state index contributed by atoms with van der Waals surface area (Å²) in [6, 6.07) is 2.35. The van der Waals surface area contributed by atoms with E-state index in [1.54, 1.807) is 0 Å². The third kappa shape index (κ3) is 2.54. The fraction of sp³-hybridized carbons (Fsp3) is 0.333. The first-order chi connectivity index (χ1) is 6.90. The fourth-order valence-electron chi connectivity index (χ4n) is 1.23.